The first kappa shape index (κ1) is 14.7. The third-order valence-electron chi connectivity index (χ3n) is 2.55. The molecule has 7 nitrogen and oxygen atoms in total. The summed E-state index contributed by atoms with van der Waals surface area (Å²) in [4.78, 5) is 20.2. The molecule has 0 bridgehead atoms. The van der Waals surface area contributed by atoms with Gasteiger partial charge in [0.1, 0.15) is 5.69 Å². The van der Waals surface area contributed by atoms with Crippen LogP contribution in [0.15, 0.2) is 22.9 Å². The molecular weight excluding hydrogens is 270 g/mol. The molecule has 0 fully saturated rings. The highest BCUT2D eigenvalue weighted by molar-refractivity contribution is 5.94. The minimum absolute atomic E-state index is 0.229. The SMILES string of the molecule is Cc1nc(CCNC(=O)c2ncccc2C#CCN)no1. The molecule has 0 aromatic carbocycles. The average molecular weight is 285 g/mol. The van der Waals surface area contributed by atoms with Gasteiger partial charge in [-0.25, -0.2) is 4.98 Å². The van der Waals surface area contributed by atoms with Crippen molar-refractivity contribution in [1.82, 2.24) is 20.4 Å². The largest absolute Gasteiger partial charge is 0.350 e. The van der Waals surface area contributed by atoms with Gasteiger partial charge in [0.25, 0.3) is 5.91 Å². The van der Waals surface area contributed by atoms with Crippen molar-refractivity contribution >= 4 is 5.91 Å². The maximum absolute atomic E-state index is 12.1. The van der Waals surface area contributed by atoms with Crippen molar-refractivity contribution in [3.05, 3.63) is 41.3 Å². The molecule has 0 atom stereocenters. The maximum Gasteiger partial charge on any atom is 0.271 e. The number of carbonyl (C=O) groups excluding carboxylic acids is 1. The van der Waals surface area contributed by atoms with Crippen molar-refractivity contribution in [3.63, 3.8) is 0 Å². The first-order chi connectivity index (χ1) is 10.2. The lowest BCUT2D eigenvalue weighted by Crippen LogP contribution is -2.27. The van der Waals surface area contributed by atoms with Crippen LogP contribution in [-0.4, -0.2) is 34.1 Å². The Morgan fingerprint density at radius 2 is 2.38 bits per heavy atom. The zero-order valence-corrected chi connectivity index (χ0v) is 11.6. The van der Waals surface area contributed by atoms with Gasteiger partial charge in [-0.1, -0.05) is 17.0 Å². The Balaban J connectivity index is 1.97. The Bertz CT molecular complexity index is 684. The predicted octanol–water partition coefficient (Wildman–Crippen LogP) is 0.0557. The van der Waals surface area contributed by atoms with Gasteiger partial charge in [0, 0.05) is 26.1 Å². The Labute approximate surface area is 121 Å². The Hall–Kier alpha value is -2.72. The first-order valence-electron chi connectivity index (χ1n) is 6.42. The number of aromatic nitrogens is 3. The fourth-order valence-electron chi connectivity index (χ4n) is 1.65. The number of pyridine rings is 1. The second-order valence-corrected chi connectivity index (χ2v) is 4.14. The number of nitrogens with zero attached hydrogens (tertiary/aromatic N) is 3. The fraction of sp³-hybridized carbons (Fsp3) is 0.286. The number of hydrogen-bond acceptors (Lipinski definition) is 6. The van der Waals surface area contributed by atoms with E-state index >= 15 is 0 Å². The van der Waals surface area contributed by atoms with Gasteiger partial charge in [0.05, 0.1) is 12.1 Å². The van der Waals surface area contributed by atoms with E-state index in [1.165, 1.54) is 0 Å². The quantitative estimate of drug-likeness (QED) is 0.769. The molecule has 0 aliphatic rings. The van der Waals surface area contributed by atoms with Crippen LogP contribution in [0.3, 0.4) is 0 Å². The van der Waals surface area contributed by atoms with Crippen LogP contribution in [0, 0.1) is 18.8 Å². The van der Waals surface area contributed by atoms with Crippen LogP contribution in [0.4, 0.5) is 0 Å². The summed E-state index contributed by atoms with van der Waals surface area (Å²) in [5.74, 6) is 6.30. The molecule has 7 heteroatoms. The molecule has 0 radical (unpaired) electrons. The molecule has 3 N–H and O–H groups in total. The number of nitrogens with one attached hydrogen (secondary N) is 1. The summed E-state index contributed by atoms with van der Waals surface area (Å²) in [5, 5.41) is 6.51. The highest BCUT2D eigenvalue weighted by atomic mass is 16.5. The monoisotopic (exact) mass is 285 g/mol. The Morgan fingerprint density at radius 3 is 3.10 bits per heavy atom. The summed E-state index contributed by atoms with van der Waals surface area (Å²) >= 11 is 0. The molecule has 2 aromatic heterocycles. The number of nitrogens with two attached hydrogens (primary N) is 1. The van der Waals surface area contributed by atoms with E-state index in [9.17, 15) is 4.79 Å². The standard InChI is InChI=1S/C14H15N5O2/c1-10-18-12(19-21-10)6-9-17-14(20)13-11(4-2-7-15)5-3-8-16-13/h3,5,8H,6-7,9,15H2,1H3,(H,17,20). The van der Waals surface area contributed by atoms with E-state index in [1.54, 1.807) is 25.3 Å². The molecule has 0 aliphatic heterocycles. The molecular formula is C14H15N5O2. The highest BCUT2D eigenvalue weighted by Crippen LogP contribution is 2.03. The molecule has 0 aliphatic carbocycles. The van der Waals surface area contributed by atoms with Crippen molar-refractivity contribution in [2.24, 2.45) is 5.73 Å². The Kier molecular flexibility index (Phi) is 5.01. The van der Waals surface area contributed by atoms with Crippen molar-refractivity contribution in [2.75, 3.05) is 13.1 Å². The van der Waals surface area contributed by atoms with Crippen LogP contribution in [0.25, 0.3) is 0 Å². The van der Waals surface area contributed by atoms with Crippen molar-refractivity contribution in [1.29, 1.82) is 0 Å². The number of rotatable bonds is 4. The Morgan fingerprint density at radius 1 is 1.52 bits per heavy atom. The molecule has 0 unspecified atom stereocenters. The lowest BCUT2D eigenvalue weighted by molar-refractivity contribution is 0.0948. The van der Waals surface area contributed by atoms with Crippen molar-refractivity contribution in [3.8, 4) is 11.8 Å². The molecule has 0 spiro atoms. The van der Waals surface area contributed by atoms with E-state index in [1.807, 2.05) is 0 Å². The fourth-order valence-corrected chi connectivity index (χ4v) is 1.65. The van der Waals surface area contributed by atoms with Gasteiger partial charge in [-0.05, 0) is 12.1 Å². The van der Waals surface area contributed by atoms with E-state index in [2.05, 4.69) is 32.3 Å². The highest BCUT2D eigenvalue weighted by Gasteiger charge is 2.11. The summed E-state index contributed by atoms with van der Waals surface area (Å²) in [7, 11) is 0. The van der Waals surface area contributed by atoms with Gasteiger partial charge >= 0.3 is 0 Å². The molecule has 0 saturated carbocycles. The van der Waals surface area contributed by atoms with Crippen LogP contribution < -0.4 is 11.1 Å². The minimum atomic E-state index is -0.294. The molecule has 21 heavy (non-hydrogen) atoms. The maximum atomic E-state index is 12.1. The molecule has 2 rings (SSSR count). The van der Waals surface area contributed by atoms with Crippen molar-refractivity contribution in [2.45, 2.75) is 13.3 Å². The topological polar surface area (TPSA) is 107 Å². The number of amides is 1. The zero-order valence-electron chi connectivity index (χ0n) is 11.6. The van der Waals surface area contributed by atoms with Crippen LogP contribution >= 0.6 is 0 Å². The smallest absolute Gasteiger partial charge is 0.271 e. The zero-order chi connectivity index (χ0) is 15.1. The lowest BCUT2D eigenvalue weighted by atomic mass is 10.2. The molecule has 2 aromatic rings. The second kappa shape index (κ2) is 7.17. The summed E-state index contributed by atoms with van der Waals surface area (Å²) in [6.07, 6.45) is 2.03. The predicted molar refractivity (Wildman–Crippen MR) is 75.2 cm³/mol. The number of aryl methyl sites for hydroxylation is 1. The van der Waals surface area contributed by atoms with E-state index in [0.717, 1.165) is 0 Å². The molecule has 0 saturated heterocycles. The third-order valence-corrected chi connectivity index (χ3v) is 2.55. The van der Waals surface area contributed by atoms with Gasteiger partial charge < -0.3 is 15.6 Å². The van der Waals surface area contributed by atoms with Gasteiger partial charge in [0.15, 0.2) is 5.82 Å². The van der Waals surface area contributed by atoms with E-state index in [4.69, 9.17) is 10.3 Å². The molecule has 2 heterocycles. The molecule has 1 amide bonds. The summed E-state index contributed by atoms with van der Waals surface area (Å²) < 4.78 is 4.85. The lowest BCUT2D eigenvalue weighted by Gasteiger charge is -2.04. The first-order valence-corrected chi connectivity index (χ1v) is 6.42. The number of hydrogen-bond donors (Lipinski definition) is 2. The second-order valence-electron chi connectivity index (χ2n) is 4.14. The summed E-state index contributed by atoms with van der Waals surface area (Å²) in [5.41, 5.74) is 6.16. The summed E-state index contributed by atoms with van der Waals surface area (Å²) in [6, 6.07) is 3.45. The normalized spacial score (nSPS) is 9.81. The molecule has 108 valence electrons. The summed E-state index contributed by atoms with van der Waals surface area (Å²) in [6.45, 7) is 2.33. The minimum Gasteiger partial charge on any atom is -0.350 e. The van der Waals surface area contributed by atoms with Gasteiger partial charge in [-0.2, -0.15) is 4.98 Å². The van der Waals surface area contributed by atoms with E-state index < -0.39 is 0 Å². The van der Waals surface area contributed by atoms with Crippen LogP contribution in [0.2, 0.25) is 0 Å². The van der Waals surface area contributed by atoms with Gasteiger partial charge in [-0.3, -0.25) is 4.79 Å². The van der Waals surface area contributed by atoms with E-state index in [-0.39, 0.29) is 18.1 Å². The van der Waals surface area contributed by atoms with Crippen LogP contribution in [0.5, 0.6) is 0 Å². The van der Waals surface area contributed by atoms with Crippen molar-refractivity contribution < 1.29 is 9.32 Å². The number of carbonyl (C=O) groups is 1. The van der Waals surface area contributed by atoms with Crippen LogP contribution in [-0.2, 0) is 6.42 Å². The van der Waals surface area contributed by atoms with E-state index in [0.29, 0.717) is 30.2 Å². The van der Waals surface area contributed by atoms with Gasteiger partial charge in [-0.15, -0.1) is 0 Å². The third kappa shape index (κ3) is 4.12. The van der Waals surface area contributed by atoms with Crippen LogP contribution in [0.1, 0.15) is 27.8 Å². The average Bonchev–Trinajstić information content (AvgIpc) is 2.91. The van der Waals surface area contributed by atoms with Gasteiger partial charge in [0.2, 0.25) is 5.89 Å².